The highest BCUT2D eigenvalue weighted by Crippen LogP contribution is 1.98. The van der Waals surface area contributed by atoms with Gasteiger partial charge in [0.05, 0.1) is 7.11 Å². The van der Waals surface area contributed by atoms with Crippen molar-refractivity contribution in [1.82, 2.24) is 0 Å². The molecule has 2 aromatic carbocycles. The number of rotatable bonds is 4. The van der Waals surface area contributed by atoms with Crippen molar-refractivity contribution in [2.75, 3.05) is 7.11 Å². The second-order valence-electron chi connectivity index (χ2n) is 4.32. The van der Waals surface area contributed by atoms with Gasteiger partial charge >= 0.3 is 5.97 Å². The molecule has 0 atom stereocenters. The summed E-state index contributed by atoms with van der Waals surface area (Å²) < 4.78 is 4.14. The SMILES string of the molecule is C=CC(=O)OC.C=CCc1ccccc1.C=Cc1ccccc1. The summed E-state index contributed by atoms with van der Waals surface area (Å²) in [4.78, 5) is 9.84. The van der Waals surface area contributed by atoms with E-state index in [1.807, 2.05) is 60.7 Å². The largest absolute Gasteiger partial charge is 0.466 e. The van der Waals surface area contributed by atoms with Crippen LogP contribution in [0.2, 0.25) is 0 Å². The zero-order valence-corrected chi connectivity index (χ0v) is 13.7. The van der Waals surface area contributed by atoms with E-state index in [0.717, 1.165) is 12.5 Å². The van der Waals surface area contributed by atoms with E-state index in [2.05, 4.69) is 36.6 Å². The molecule has 2 heteroatoms. The third-order valence-electron chi connectivity index (χ3n) is 2.63. The lowest BCUT2D eigenvalue weighted by Gasteiger charge is -1.91. The van der Waals surface area contributed by atoms with E-state index < -0.39 is 5.97 Å². The van der Waals surface area contributed by atoms with Gasteiger partial charge in [-0.15, -0.1) is 6.58 Å². The summed E-state index contributed by atoms with van der Waals surface area (Å²) in [6.45, 7) is 10.4. The van der Waals surface area contributed by atoms with Crippen molar-refractivity contribution >= 4 is 12.0 Å². The van der Waals surface area contributed by atoms with E-state index in [4.69, 9.17) is 0 Å². The number of carbonyl (C=O) groups is 1. The van der Waals surface area contributed by atoms with Gasteiger partial charge in [-0.3, -0.25) is 0 Å². The summed E-state index contributed by atoms with van der Waals surface area (Å²) in [5, 5.41) is 0. The predicted octanol–water partition coefficient (Wildman–Crippen LogP) is 5.09. The zero-order chi connectivity index (χ0) is 17.3. The highest BCUT2D eigenvalue weighted by Gasteiger charge is 1.82. The summed E-state index contributed by atoms with van der Waals surface area (Å²) in [7, 11) is 1.31. The first-order chi connectivity index (χ1) is 11.2. The third kappa shape index (κ3) is 11.5. The summed E-state index contributed by atoms with van der Waals surface area (Å²) in [5.74, 6) is -0.394. The summed E-state index contributed by atoms with van der Waals surface area (Å²) in [6, 6.07) is 20.3. The maximum atomic E-state index is 9.84. The molecule has 0 radical (unpaired) electrons. The van der Waals surface area contributed by atoms with E-state index in [-0.39, 0.29) is 0 Å². The normalized spacial score (nSPS) is 8.22. The van der Waals surface area contributed by atoms with E-state index in [1.54, 1.807) is 0 Å². The quantitative estimate of drug-likeness (QED) is 0.447. The molecular formula is C21H24O2. The smallest absolute Gasteiger partial charge is 0.329 e. The molecule has 120 valence electrons. The third-order valence-corrected chi connectivity index (χ3v) is 2.63. The van der Waals surface area contributed by atoms with Gasteiger partial charge in [-0.25, -0.2) is 4.79 Å². The Morgan fingerprint density at radius 2 is 1.48 bits per heavy atom. The van der Waals surface area contributed by atoms with Crippen molar-refractivity contribution in [1.29, 1.82) is 0 Å². The molecule has 0 aromatic heterocycles. The van der Waals surface area contributed by atoms with Gasteiger partial charge in [0, 0.05) is 6.08 Å². The van der Waals surface area contributed by atoms with Gasteiger partial charge in [0.1, 0.15) is 0 Å². The fraction of sp³-hybridized carbons (Fsp3) is 0.0952. The lowest BCUT2D eigenvalue weighted by molar-refractivity contribution is -0.134. The highest BCUT2D eigenvalue weighted by molar-refractivity contribution is 5.80. The first-order valence-corrected chi connectivity index (χ1v) is 7.20. The lowest BCUT2D eigenvalue weighted by Crippen LogP contribution is -1.91. The number of benzene rings is 2. The van der Waals surface area contributed by atoms with Crippen LogP contribution in [0, 0.1) is 0 Å². The summed E-state index contributed by atoms with van der Waals surface area (Å²) in [6.07, 6.45) is 5.83. The molecule has 0 heterocycles. The topological polar surface area (TPSA) is 26.3 Å². The fourth-order valence-corrected chi connectivity index (χ4v) is 1.45. The average Bonchev–Trinajstić information content (AvgIpc) is 2.64. The van der Waals surface area contributed by atoms with Crippen LogP contribution in [0.3, 0.4) is 0 Å². The van der Waals surface area contributed by atoms with Crippen LogP contribution < -0.4 is 0 Å². The minimum absolute atomic E-state index is 0.394. The van der Waals surface area contributed by atoms with Gasteiger partial charge in [0.15, 0.2) is 0 Å². The van der Waals surface area contributed by atoms with E-state index in [0.29, 0.717) is 0 Å². The molecule has 0 N–H and O–H groups in total. The molecule has 0 bridgehead atoms. The van der Waals surface area contributed by atoms with Gasteiger partial charge < -0.3 is 4.74 Å². The second-order valence-corrected chi connectivity index (χ2v) is 4.32. The van der Waals surface area contributed by atoms with Crippen molar-refractivity contribution < 1.29 is 9.53 Å². The Morgan fingerprint density at radius 1 is 0.957 bits per heavy atom. The van der Waals surface area contributed by atoms with Crippen LogP contribution in [-0.2, 0) is 16.0 Å². The fourth-order valence-electron chi connectivity index (χ4n) is 1.45. The predicted molar refractivity (Wildman–Crippen MR) is 99.1 cm³/mol. The average molecular weight is 308 g/mol. The Hall–Kier alpha value is -2.87. The molecule has 0 amide bonds. The highest BCUT2D eigenvalue weighted by atomic mass is 16.5. The van der Waals surface area contributed by atoms with Crippen molar-refractivity contribution in [2.45, 2.75) is 6.42 Å². The monoisotopic (exact) mass is 308 g/mol. The standard InChI is InChI=1S/C9H10.C8H8.C4H6O2/c1-2-6-9-7-4-3-5-8-9;1-2-8-6-4-3-5-7-8;1-3-4(5)6-2/h2-5,7-8H,1,6H2;2-7H,1H2;3H,1H2,2H3. The number of esters is 1. The van der Waals surface area contributed by atoms with E-state index in [1.165, 1.54) is 18.2 Å². The van der Waals surface area contributed by atoms with Gasteiger partial charge in [-0.2, -0.15) is 0 Å². The van der Waals surface area contributed by atoms with Crippen LogP contribution in [0.25, 0.3) is 6.08 Å². The van der Waals surface area contributed by atoms with Crippen LogP contribution in [0.4, 0.5) is 0 Å². The van der Waals surface area contributed by atoms with Crippen molar-refractivity contribution in [3.05, 3.63) is 104 Å². The molecule has 2 rings (SSSR count). The van der Waals surface area contributed by atoms with Crippen LogP contribution in [-0.4, -0.2) is 13.1 Å². The molecule has 0 aliphatic carbocycles. The minimum Gasteiger partial charge on any atom is -0.466 e. The zero-order valence-electron chi connectivity index (χ0n) is 13.7. The molecule has 2 aromatic rings. The molecule has 0 aliphatic heterocycles. The van der Waals surface area contributed by atoms with Crippen LogP contribution in [0.5, 0.6) is 0 Å². The Bertz CT molecular complexity index is 571. The molecule has 2 nitrogen and oxygen atoms in total. The Labute approximate surface area is 139 Å². The summed E-state index contributed by atoms with van der Waals surface area (Å²) >= 11 is 0. The number of allylic oxidation sites excluding steroid dienone is 1. The Kier molecular flexibility index (Phi) is 12.3. The van der Waals surface area contributed by atoms with Gasteiger partial charge in [0.2, 0.25) is 0 Å². The molecule has 0 saturated heterocycles. The molecule has 23 heavy (non-hydrogen) atoms. The van der Waals surface area contributed by atoms with Crippen LogP contribution in [0.15, 0.2) is 92.6 Å². The summed E-state index contributed by atoms with van der Waals surface area (Å²) in [5.41, 5.74) is 2.50. The van der Waals surface area contributed by atoms with Gasteiger partial charge in [-0.1, -0.05) is 86.0 Å². The Balaban J connectivity index is 0.000000323. The first kappa shape index (κ1) is 20.1. The van der Waals surface area contributed by atoms with Crippen molar-refractivity contribution in [3.8, 4) is 0 Å². The molecular weight excluding hydrogens is 284 g/mol. The molecule has 0 aliphatic rings. The van der Waals surface area contributed by atoms with Gasteiger partial charge in [-0.05, 0) is 17.5 Å². The van der Waals surface area contributed by atoms with Gasteiger partial charge in [0.25, 0.3) is 0 Å². The van der Waals surface area contributed by atoms with E-state index >= 15 is 0 Å². The lowest BCUT2D eigenvalue weighted by atomic mass is 10.2. The van der Waals surface area contributed by atoms with E-state index in [9.17, 15) is 4.79 Å². The van der Waals surface area contributed by atoms with Crippen LogP contribution in [0.1, 0.15) is 11.1 Å². The number of methoxy groups -OCH3 is 1. The maximum Gasteiger partial charge on any atom is 0.329 e. The molecule has 0 spiro atoms. The van der Waals surface area contributed by atoms with Crippen molar-refractivity contribution in [2.24, 2.45) is 0 Å². The first-order valence-electron chi connectivity index (χ1n) is 7.20. The Morgan fingerprint density at radius 3 is 1.78 bits per heavy atom. The second kappa shape index (κ2) is 14.1. The number of hydrogen-bond acceptors (Lipinski definition) is 2. The number of ether oxygens (including phenoxy) is 1. The minimum atomic E-state index is -0.394. The molecule has 0 saturated carbocycles. The molecule has 0 fully saturated rings. The maximum absolute atomic E-state index is 9.84. The number of carbonyl (C=O) groups excluding carboxylic acids is 1. The van der Waals surface area contributed by atoms with Crippen LogP contribution >= 0.6 is 0 Å². The number of hydrogen-bond donors (Lipinski definition) is 0. The van der Waals surface area contributed by atoms with Crippen molar-refractivity contribution in [3.63, 3.8) is 0 Å². The molecule has 0 unspecified atom stereocenters.